The first-order chi connectivity index (χ1) is 24.8. The molecule has 4 nitrogen and oxygen atoms in total. The van der Waals surface area contributed by atoms with Crippen LogP contribution in [0.5, 0.6) is 0 Å². The first kappa shape index (κ1) is 28.6. The molecule has 0 fully saturated rings. The molecule has 6 aromatic carbocycles. The molecule has 4 heterocycles. The normalized spacial score (nSPS) is 11.6. The summed E-state index contributed by atoms with van der Waals surface area (Å²) in [4.78, 5) is 14.5. The average Bonchev–Trinajstić information content (AvgIpc) is 3.77. The Morgan fingerprint density at radius 2 is 1.10 bits per heavy atom. The molecular formula is C45H27N3OS. The van der Waals surface area contributed by atoms with Gasteiger partial charge in [-0.3, -0.25) is 4.98 Å². The van der Waals surface area contributed by atoms with Crippen molar-refractivity contribution in [1.82, 2.24) is 15.0 Å². The van der Waals surface area contributed by atoms with Gasteiger partial charge in [0.15, 0.2) is 5.82 Å². The molecule has 0 unspecified atom stereocenters. The van der Waals surface area contributed by atoms with E-state index < -0.39 is 0 Å². The van der Waals surface area contributed by atoms with Gasteiger partial charge in [-0.05, 0) is 64.7 Å². The van der Waals surface area contributed by atoms with E-state index in [1.807, 2.05) is 66.2 Å². The lowest BCUT2D eigenvalue weighted by molar-refractivity contribution is 0.670. The van der Waals surface area contributed by atoms with E-state index in [2.05, 4.69) is 114 Å². The largest absolute Gasteiger partial charge is 0.455 e. The van der Waals surface area contributed by atoms with E-state index >= 15 is 0 Å². The van der Waals surface area contributed by atoms with Crippen LogP contribution < -0.4 is 0 Å². The maximum absolute atomic E-state index is 6.73. The molecule has 4 aromatic heterocycles. The number of nitrogens with zero attached hydrogens (tertiary/aromatic N) is 3. The molecule has 5 heteroatoms. The fourth-order valence-corrected chi connectivity index (χ4v) is 8.14. The number of benzene rings is 6. The molecule has 0 atom stereocenters. The summed E-state index contributed by atoms with van der Waals surface area (Å²) in [7, 11) is 0. The van der Waals surface area contributed by atoms with E-state index in [-0.39, 0.29) is 0 Å². The highest BCUT2D eigenvalue weighted by molar-refractivity contribution is 7.25. The van der Waals surface area contributed by atoms with Crippen LogP contribution in [0.3, 0.4) is 0 Å². The summed E-state index contributed by atoms with van der Waals surface area (Å²) < 4.78 is 9.30. The van der Waals surface area contributed by atoms with E-state index in [1.54, 1.807) is 0 Å². The van der Waals surface area contributed by atoms with Crippen molar-refractivity contribution in [2.24, 2.45) is 0 Å². The zero-order valence-corrected chi connectivity index (χ0v) is 27.6. The van der Waals surface area contributed by atoms with Crippen LogP contribution in [0.4, 0.5) is 0 Å². The predicted molar refractivity (Wildman–Crippen MR) is 207 cm³/mol. The first-order valence-electron chi connectivity index (χ1n) is 16.6. The zero-order valence-electron chi connectivity index (χ0n) is 26.7. The molecule has 0 bridgehead atoms. The van der Waals surface area contributed by atoms with Crippen LogP contribution >= 0.6 is 11.3 Å². The van der Waals surface area contributed by atoms with E-state index in [1.165, 1.54) is 20.2 Å². The summed E-state index contributed by atoms with van der Waals surface area (Å²) in [5, 5.41) is 4.76. The highest BCUT2D eigenvalue weighted by atomic mass is 32.1. The Bertz CT molecular complexity index is 2860. The molecule has 0 radical (unpaired) electrons. The molecule has 0 aliphatic carbocycles. The van der Waals surface area contributed by atoms with Crippen molar-refractivity contribution in [2.75, 3.05) is 0 Å². The Hall–Kier alpha value is -6.43. The molecule has 0 spiro atoms. The number of hydrogen-bond donors (Lipinski definition) is 0. The molecule has 0 N–H and O–H groups in total. The summed E-state index contributed by atoms with van der Waals surface area (Å²) in [6.07, 6.45) is 3.63. The van der Waals surface area contributed by atoms with Gasteiger partial charge in [0.2, 0.25) is 0 Å². The maximum atomic E-state index is 6.73. The van der Waals surface area contributed by atoms with Crippen LogP contribution in [0.1, 0.15) is 0 Å². The molecule has 234 valence electrons. The Labute approximate surface area is 292 Å². The number of thiophene rings is 1. The lowest BCUT2D eigenvalue weighted by atomic mass is 9.95. The van der Waals surface area contributed by atoms with Crippen molar-refractivity contribution in [3.05, 3.63) is 164 Å². The van der Waals surface area contributed by atoms with Crippen LogP contribution in [0.2, 0.25) is 0 Å². The molecule has 0 saturated carbocycles. The molecule has 0 amide bonds. The Morgan fingerprint density at radius 3 is 1.96 bits per heavy atom. The van der Waals surface area contributed by atoms with Gasteiger partial charge in [-0.15, -0.1) is 11.3 Å². The Kier molecular flexibility index (Phi) is 6.64. The van der Waals surface area contributed by atoms with Gasteiger partial charge in [0.1, 0.15) is 11.2 Å². The van der Waals surface area contributed by atoms with Gasteiger partial charge in [-0.1, -0.05) is 109 Å². The topological polar surface area (TPSA) is 51.8 Å². The third-order valence-electron chi connectivity index (χ3n) is 9.44. The quantitative estimate of drug-likeness (QED) is 0.185. The van der Waals surface area contributed by atoms with E-state index in [0.29, 0.717) is 5.82 Å². The lowest BCUT2D eigenvalue weighted by Crippen LogP contribution is -1.96. The molecular weight excluding hydrogens is 631 g/mol. The Morgan fingerprint density at radius 1 is 0.440 bits per heavy atom. The smallest absolute Gasteiger partial charge is 0.160 e. The second kappa shape index (κ2) is 11.6. The fraction of sp³-hybridized carbons (Fsp3) is 0. The molecule has 0 aliphatic heterocycles. The minimum Gasteiger partial charge on any atom is -0.455 e. The van der Waals surface area contributed by atoms with Crippen LogP contribution in [0.15, 0.2) is 168 Å². The van der Waals surface area contributed by atoms with Crippen LogP contribution in [-0.4, -0.2) is 15.0 Å². The van der Waals surface area contributed by atoms with Gasteiger partial charge < -0.3 is 4.42 Å². The summed E-state index contributed by atoms with van der Waals surface area (Å²) >= 11 is 1.84. The zero-order chi connectivity index (χ0) is 33.0. The number of pyridine rings is 1. The van der Waals surface area contributed by atoms with Gasteiger partial charge in [-0.2, -0.15) is 0 Å². The molecule has 0 aliphatic rings. The number of para-hydroxylation sites is 1. The molecule has 0 saturated heterocycles. The van der Waals surface area contributed by atoms with Gasteiger partial charge in [0, 0.05) is 60.0 Å². The number of fused-ring (bicyclic) bond motifs is 6. The second-order valence-electron chi connectivity index (χ2n) is 12.4. The van der Waals surface area contributed by atoms with Crippen LogP contribution in [0, 0.1) is 0 Å². The fourth-order valence-electron chi connectivity index (χ4n) is 6.99. The average molecular weight is 658 g/mol. The highest BCUT2D eigenvalue weighted by Crippen LogP contribution is 2.44. The van der Waals surface area contributed by atoms with Crippen LogP contribution in [-0.2, 0) is 0 Å². The SMILES string of the molecule is c1ccc(-c2cc(-c3ccc(-c4ccc5c(c4)sc4ccccc45)c4c3oc3ccccc34)nc(-c3ccc(-c4ccncc4)cc3)n2)cc1. The summed E-state index contributed by atoms with van der Waals surface area (Å²) in [5.41, 5.74) is 10.8. The van der Waals surface area contributed by atoms with Crippen molar-refractivity contribution in [2.45, 2.75) is 0 Å². The minimum atomic E-state index is 0.659. The van der Waals surface area contributed by atoms with Crippen molar-refractivity contribution in [3.8, 4) is 56.2 Å². The number of aromatic nitrogens is 3. The number of furan rings is 1. The molecule has 10 rings (SSSR count). The van der Waals surface area contributed by atoms with Crippen molar-refractivity contribution >= 4 is 53.4 Å². The van der Waals surface area contributed by atoms with E-state index in [9.17, 15) is 0 Å². The van der Waals surface area contributed by atoms with E-state index in [4.69, 9.17) is 14.4 Å². The van der Waals surface area contributed by atoms with Crippen LogP contribution in [0.25, 0.3) is 98.3 Å². The molecule has 10 aromatic rings. The van der Waals surface area contributed by atoms with E-state index in [0.717, 1.165) is 72.3 Å². The number of rotatable bonds is 5. The summed E-state index contributed by atoms with van der Waals surface area (Å²) in [5.74, 6) is 0.659. The maximum Gasteiger partial charge on any atom is 0.160 e. The van der Waals surface area contributed by atoms with Gasteiger partial charge in [0.25, 0.3) is 0 Å². The van der Waals surface area contributed by atoms with Crippen molar-refractivity contribution < 1.29 is 4.42 Å². The Balaban J connectivity index is 1.17. The first-order valence-corrected chi connectivity index (χ1v) is 17.4. The standard InChI is InChI=1S/C45H27N3OS/c1-2-8-30(9-3-1)38-27-39(48-45(47-38)31-16-14-28(15-17-31)29-22-24-46-25-23-29)36-21-20-33(43-37-11-4-6-12-40(37)49-44(36)43)32-18-19-35-34-10-5-7-13-41(34)50-42(35)26-32/h1-27H. The third-order valence-corrected chi connectivity index (χ3v) is 10.6. The van der Waals surface area contributed by atoms with Gasteiger partial charge in [-0.25, -0.2) is 9.97 Å². The summed E-state index contributed by atoms with van der Waals surface area (Å²) in [6.45, 7) is 0. The van der Waals surface area contributed by atoms with Gasteiger partial charge in [0.05, 0.1) is 11.4 Å². The molecule has 50 heavy (non-hydrogen) atoms. The highest BCUT2D eigenvalue weighted by Gasteiger charge is 2.20. The van der Waals surface area contributed by atoms with Gasteiger partial charge >= 0.3 is 0 Å². The predicted octanol–water partition coefficient (Wildman–Crippen LogP) is 12.5. The second-order valence-corrected chi connectivity index (χ2v) is 13.5. The number of hydrogen-bond acceptors (Lipinski definition) is 5. The lowest BCUT2D eigenvalue weighted by Gasteiger charge is -2.12. The third kappa shape index (κ3) is 4.79. The van der Waals surface area contributed by atoms with Crippen molar-refractivity contribution in [1.29, 1.82) is 0 Å². The monoisotopic (exact) mass is 657 g/mol. The minimum absolute atomic E-state index is 0.659. The summed E-state index contributed by atoms with van der Waals surface area (Å²) in [6, 6.07) is 52.9. The van der Waals surface area contributed by atoms with Crippen molar-refractivity contribution in [3.63, 3.8) is 0 Å².